The Morgan fingerprint density at radius 1 is 1.25 bits per heavy atom. The fourth-order valence-electron chi connectivity index (χ4n) is 2.10. The Hall–Kier alpha value is -0.720. The van der Waals surface area contributed by atoms with E-state index in [9.17, 15) is 0 Å². The Bertz CT molecular complexity index is 207. The van der Waals surface area contributed by atoms with E-state index in [1.54, 1.807) is 6.26 Å². The van der Waals surface area contributed by atoms with Gasteiger partial charge in [0.2, 0.25) is 0 Å². The van der Waals surface area contributed by atoms with Crippen molar-refractivity contribution in [2.24, 2.45) is 5.92 Å². The van der Waals surface area contributed by atoms with Crippen LogP contribution in [0.1, 0.15) is 37.9 Å². The average Bonchev–Trinajstić information content (AvgIpc) is 2.59. The van der Waals surface area contributed by atoms with Crippen molar-refractivity contribution in [2.75, 3.05) is 0 Å². The Labute approximate surface area is 73.8 Å². The molecule has 0 aromatic carbocycles. The zero-order valence-electron chi connectivity index (χ0n) is 7.46. The van der Waals surface area contributed by atoms with Crippen LogP contribution in [0.4, 0.5) is 0 Å². The molecule has 2 rings (SSSR count). The van der Waals surface area contributed by atoms with Crippen LogP contribution < -0.4 is 0 Å². The summed E-state index contributed by atoms with van der Waals surface area (Å²) in [7, 11) is 0. The van der Waals surface area contributed by atoms with Crippen LogP contribution in [-0.2, 0) is 6.42 Å². The lowest BCUT2D eigenvalue weighted by atomic mass is 9.86. The molecule has 1 fully saturated rings. The summed E-state index contributed by atoms with van der Waals surface area (Å²) in [6, 6.07) is 4.08. The van der Waals surface area contributed by atoms with Crippen LogP contribution in [0.5, 0.6) is 0 Å². The van der Waals surface area contributed by atoms with E-state index >= 15 is 0 Å². The van der Waals surface area contributed by atoms with E-state index in [1.165, 1.54) is 37.9 Å². The standard InChI is InChI=1S/C11H16O/c1-2-5-10(6-3-1)9-11-7-4-8-12-11/h4,7-8,10H,1-3,5-6,9H2. The molecule has 1 aromatic rings. The fraction of sp³-hybridized carbons (Fsp3) is 0.636. The molecule has 1 aliphatic rings. The van der Waals surface area contributed by atoms with Gasteiger partial charge in [-0.05, 0) is 18.1 Å². The molecule has 0 bridgehead atoms. The van der Waals surface area contributed by atoms with Crippen molar-refractivity contribution in [3.63, 3.8) is 0 Å². The van der Waals surface area contributed by atoms with Crippen molar-refractivity contribution in [1.29, 1.82) is 0 Å². The van der Waals surface area contributed by atoms with E-state index in [1.807, 2.05) is 6.07 Å². The smallest absolute Gasteiger partial charge is 0.104 e. The summed E-state index contributed by atoms with van der Waals surface area (Å²) in [6.45, 7) is 0. The monoisotopic (exact) mass is 164 g/mol. The molecule has 0 unspecified atom stereocenters. The second-order valence-corrected chi connectivity index (χ2v) is 3.79. The summed E-state index contributed by atoms with van der Waals surface area (Å²) in [5.74, 6) is 2.06. The molecule has 1 saturated carbocycles. The van der Waals surface area contributed by atoms with Gasteiger partial charge in [0, 0.05) is 6.42 Å². The van der Waals surface area contributed by atoms with Crippen molar-refractivity contribution in [1.82, 2.24) is 0 Å². The molecular weight excluding hydrogens is 148 g/mol. The highest BCUT2D eigenvalue weighted by Crippen LogP contribution is 2.26. The summed E-state index contributed by atoms with van der Waals surface area (Å²) in [5, 5.41) is 0. The van der Waals surface area contributed by atoms with Gasteiger partial charge >= 0.3 is 0 Å². The molecule has 1 heterocycles. The molecule has 1 aromatic heterocycles. The molecule has 1 heteroatoms. The first-order valence-corrected chi connectivity index (χ1v) is 4.97. The normalized spacial score (nSPS) is 19.7. The van der Waals surface area contributed by atoms with E-state index in [0.29, 0.717) is 0 Å². The van der Waals surface area contributed by atoms with Crippen molar-refractivity contribution < 1.29 is 4.42 Å². The Balaban J connectivity index is 1.86. The molecular formula is C11H16O. The molecule has 0 amide bonds. The highest BCUT2D eigenvalue weighted by atomic mass is 16.3. The zero-order chi connectivity index (χ0) is 8.23. The van der Waals surface area contributed by atoms with Crippen LogP contribution in [0.2, 0.25) is 0 Å². The third-order valence-electron chi connectivity index (χ3n) is 2.79. The summed E-state index contributed by atoms with van der Waals surface area (Å²) in [5.41, 5.74) is 0. The highest BCUT2D eigenvalue weighted by molar-refractivity contribution is 4.99. The van der Waals surface area contributed by atoms with E-state index in [0.717, 1.165) is 12.3 Å². The van der Waals surface area contributed by atoms with E-state index in [4.69, 9.17) is 4.42 Å². The average molecular weight is 164 g/mol. The van der Waals surface area contributed by atoms with Gasteiger partial charge in [-0.25, -0.2) is 0 Å². The lowest BCUT2D eigenvalue weighted by Crippen LogP contribution is -2.08. The summed E-state index contributed by atoms with van der Waals surface area (Å²) < 4.78 is 5.34. The van der Waals surface area contributed by atoms with Crippen LogP contribution in [0, 0.1) is 5.92 Å². The number of rotatable bonds is 2. The third-order valence-corrected chi connectivity index (χ3v) is 2.79. The number of hydrogen-bond donors (Lipinski definition) is 0. The maximum atomic E-state index is 5.34. The van der Waals surface area contributed by atoms with Gasteiger partial charge in [0.05, 0.1) is 6.26 Å². The van der Waals surface area contributed by atoms with Crippen LogP contribution in [0.15, 0.2) is 22.8 Å². The van der Waals surface area contributed by atoms with E-state index < -0.39 is 0 Å². The lowest BCUT2D eigenvalue weighted by molar-refractivity contribution is 0.334. The van der Waals surface area contributed by atoms with Crippen molar-refractivity contribution in [3.05, 3.63) is 24.2 Å². The van der Waals surface area contributed by atoms with Crippen molar-refractivity contribution in [3.8, 4) is 0 Å². The number of hydrogen-bond acceptors (Lipinski definition) is 1. The van der Waals surface area contributed by atoms with Gasteiger partial charge < -0.3 is 4.42 Å². The predicted molar refractivity (Wildman–Crippen MR) is 49.0 cm³/mol. The minimum Gasteiger partial charge on any atom is -0.469 e. The molecule has 0 spiro atoms. The molecule has 12 heavy (non-hydrogen) atoms. The largest absolute Gasteiger partial charge is 0.469 e. The maximum Gasteiger partial charge on any atom is 0.104 e. The summed E-state index contributed by atoms with van der Waals surface area (Å²) >= 11 is 0. The first kappa shape index (κ1) is 7.90. The van der Waals surface area contributed by atoms with Gasteiger partial charge in [0.25, 0.3) is 0 Å². The minimum atomic E-state index is 0.893. The first-order valence-electron chi connectivity index (χ1n) is 4.97. The summed E-state index contributed by atoms with van der Waals surface area (Å²) in [4.78, 5) is 0. The van der Waals surface area contributed by atoms with Gasteiger partial charge in [-0.1, -0.05) is 32.1 Å². The van der Waals surface area contributed by atoms with Crippen LogP contribution in [0.3, 0.4) is 0 Å². The topological polar surface area (TPSA) is 13.1 Å². The van der Waals surface area contributed by atoms with Gasteiger partial charge in [0.1, 0.15) is 5.76 Å². The van der Waals surface area contributed by atoms with Crippen LogP contribution >= 0.6 is 0 Å². The second kappa shape index (κ2) is 3.79. The highest BCUT2D eigenvalue weighted by Gasteiger charge is 2.14. The molecule has 1 nitrogen and oxygen atoms in total. The zero-order valence-corrected chi connectivity index (χ0v) is 7.46. The van der Waals surface area contributed by atoms with Crippen molar-refractivity contribution in [2.45, 2.75) is 38.5 Å². The third kappa shape index (κ3) is 1.90. The molecule has 0 saturated heterocycles. The molecule has 0 N–H and O–H groups in total. The van der Waals surface area contributed by atoms with Crippen LogP contribution in [-0.4, -0.2) is 0 Å². The van der Waals surface area contributed by atoms with Gasteiger partial charge in [-0.3, -0.25) is 0 Å². The van der Waals surface area contributed by atoms with E-state index in [2.05, 4.69) is 6.07 Å². The Kier molecular flexibility index (Phi) is 2.50. The molecule has 1 aliphatic carbocycles. The van der Waals surface area contributed by atoms with Gasteiger partial charge in [0.15, 0.2) is 0 Å². The Morgan fingerprint density at radius 3 is 2.75 bits per heavy atom. The molecule has 66 valence electrons. The molecule has 0 radical (unpaired) electrons. The maximum absolute atomic E-state index is 5.34. The molecule has 0 atom stereocenters. The fourth-order valence-corrected chi connectivity index (χ4v) is 2.10. The molecule has 0 aliphatic heterocycles. The Morgan fingerprint density at radius 2 is 2.08 bits per heavy atom. The van der Waals surface area contributed by atoms with E-state index in [-0.39, 0.29) is 0 Å². The predicted octanol–water partition coefficient (Wildman–Crippen LogP) is 3.40. The quantitative estimate of drug-likeness (QED) is 0.653. The minimum absolute atomic E-state index is 0.893. The second-order valence-electron chi connectivity index (χ2n) is 3.79. The van der Waals surface area contributed by atoms with Crippen molar-refractivity contribution >= 4 is 0 Å². The summed E-state index contributed by atoms with van der Waals surface area (Å²) in [6.07, 6.45) is 10.0. The lowest BCUT2D eigenvalue weighted by Gasteiger charge is -2.20. The van der Waals surface area contributed by atoms with Gasteiger partial charge in [-0.15, -0.1) is 0 Å². The van der Waals surface area contributed by atoms with Gasteiger partial charge in [-0.2, -0.15) is 0 Å². The number of furan rings is 1. The first-order chi connectivity index (χ1) is 5.95. The SMILES string of the molecule is c1coc(CC2CCCCC2)c1. The van der Waals surface area contributed by atoms with Crippen LogP contribution in [0.25, 0.3) is 0 Å².